The predicted octanol–water partition coefficient (Wildman–Crippen LogP) is 4.31. The van der Waals surface area contributed by atoms with Crippen molar-refractivity contribution in [3.8, 4) is 0 Å². The average Bonchev–Trinajstić information content (AvgIpc) is 2.76. The molecule has 9 heteroatoms. The molecule has 162 valence electrons. The number of benzene rings is 2. The Kier molecular flexibility index (Phi) is 6.81. The van der Waals surface area contributed by atoms with E-state index in [0.29, 0.717) is 31.6 Å². The Morgan fingerprint density at radius 1 is 1.23 bits per heavy atom. The van der Waals surface area contributed by atoms with Gasteiger partial charge < -0.3 is 10.1 Å². The zero-order valence-electron chi connectivity index (χ0n) is 16.8. The molecule has 1 N–H and O–H groups in total. The number of piperidine rings is 1. The lowest BCUT2D eigenvalue weighted by Crippen LogP contribution is -2.47. The van der Waals surface area contributed by atoms with Crippen molar-refractivity contribution in [2.24, 2.45) is 0 Å². The highest BCUT2D eigenvalue weighted by atomic mass is 35.5. The van der Waals surface area contributed by atoms with Gasteiger partial charge in [-0.3, -0.25) is 4.79 Å². The van der Waals surface area contributed by atoms with Gasteiger partial charge in [0.05, 0.1) is 15.5 Å². The van der Waals surface area contributed by atoms with Crippen LogP contribution in [-0.4, -0.2) is 44.4 Å². The van der Waals surface area contributed by atoms with Gasteiger partial charge in [-0.2, -0.15) is 4.31 Å². The number of ether oxygens (including phenoxy) is 1. The lowest BCUT2D eigenvalue weighted by Gasteiger charge is -2.39. The van der Waals surface area contributed by atoms with Gasteiger partial charge in [0.15, 0.2) is 0 Å². The second-order valence-corrected chi connectivity index (χ2v) is 9.60. The molecule has 2 aromatic rings. The fourth-order valence-corrected chi connectivity index (χ4v) is 5.23. The van der Waals surface area contributed by atoms with Crippen LogP contribution in [0.25, 0.3) is 0 Å². The van der Waals surface area contributed by atoms with Crippen LogP contribution in [-0.2, 0) is 14.8 Å². The van der Waals surface area contributed by atoms with Gasteiger partial charge in [0.1, 0.15) is 5.82 Å². The summed E-state index contributed by atoms with van der Waals surface area (Å²) < 4.78 is 46.5. The molecule has 1 heterocycles. The Hall–Kier alpha value is -2.00. The third-order valence-electron chi connectivity index (χ3n) is 5.62. The molecule has 1 saturated heterocycles. The molecular formula is C21H24ClFN2O4S. The topological polar surface area (TPSA) is 75.7 Å². The number of carbonyl (C=O) groups excluding carboxylic acids is 1. The van der Waals surface area contributed by atoms with Gasteiger partial charge in [0.25, 0.3) is 5.91 Å². The van der Waals surface area contributed by atoms with Gasteiger partial charge in [0.2, 0.25) is 10.0 Å². The first-order valence-electron chi connectivity index (χ1n) is 9.62. The van der Waals surface area contributed by atoms with Crippen LogP contribution in [0.1, 0.15) is 36.5 Å². The normalized spacial score (nSPS) is 16.9. The second kappa shape index (κ2) is 9.01. The van der Waals surface area contributed by atoms with E-state index in [4.69, 9.17) is 16.3 Å². The molecule has 0 bridgehead atoms. The van der Waals surface area contributed by atoms with Crippen molar-refractivity contribution >= 4 is 33.2 Å². The highest BCUT2D eigenvalue weighted by molar-refractivity contribution is 7.89. The van der Waals surface area contributed by atoms with Gasteiger partial charge in [-0.1, -0.05) is 24.6 Å². The summed E-state index contributed by atoms with van der Waals surface area (Å²) in [7, 11) is -2.09. The maximum absolute atomic E-state index is 13.3. The van der Waals surface area contributed by atoms with Crippen molar-refractivity contribution in [3.05, 3.63) is 58.9 Å². The monoisotopic (exact) mass is 454 g/mol. The van der Waals surface area contributed by atoms with Gasteiger partial charge in [-0.25, -0.2) is 12.8 Å². The Bertz CT molecular complexity index is 1030. The lowest BCUT2D eigenvalue weighted by atomic mass is 9.90. The molecule has 6 nitrogen and oxygen atoms in total. The number of rotatable bonds is 6. The van der Waals surface area contributed by atoms with Crippen LogP contribution >= 0.6 is 11.6 Å². The highest BCUT2D eigenvalue weighted by Gasteiger charge is 2.37. The zero-order chi connectivity index (χ0) is 21.9. The number of halogens is 2. The summed E-state index contributed by atoms with van der Waals surface area (Å²) in [6.45, 7) is 2.74. The van der Waals surface area contributed by atoms with Crippen LogP contribution < -0.4 is 5.32 Å². The Morgan fingerprint density at radius 3 is 2.53 bits per heavy atom. The van der Waals surface area contributed by atoms with Crippen molar-refractivity contribution in [1.29, 1.82) is 0 Å². The third-order valence-corrected chi connectivity index (χ3v) is 7.81. The van der Waals surface area contributed by atoms with Crippen molar-refractivity contribution in [2.75, 3.05) is 25.5 Å². The first kappa shape index (κ1) is 22.7. The van der Waals surface area contributed by atoms with Crippen molar-refractivity contribution < 1.29 is 22.3 Å². The number of nitrogens with zero attached hydrogens (tertiary/aromatic N) is 1. The molecule has 1 aliphatic rings. The number of hydrogen-bond acceptors (Lipinski definition) is 4. The minimum absolute atomic E-state index is 0.0497. The quantitative estimate of drug-likeness (QED) is 0.705. The molecule has 0 aromatic heterocycles. The molecule has 0 atom stereocenters. The number of nitrogens with one attached hydrogen (secondary N) is 1. The molecule has 1 amide bonds. The largest absolute Gasteiger partial charge is 0.378 e. The van der Waals surface area contributed by atoms with Crippen LogP contribution in [0, 0.1) is 5.82 Å². The van der Waals surface area contributed by atoms with Gasteiger partial charge in [-0.05, 0) is 55.7 Å². The summed E-state index contributed by atoms with van der Waals surface area (Å²) in [5.41, 5.74) is 0.198. The van der Waals surface area contributed by atoms with Crippen LogP contribution in [0.3, 0.4) is 0 Å². The summed E-state index contributed by atoms with van der Waals surface area (Å²) in [6.07, 6.45) is 2.05. The maximum atomic E-state index is 13.3. The van der Waals surface area contributed by atoms with E-state index in [9.17, 15) is 17.6 Å². The average molecular weight is 455 g/mol. The first-order chi connectivity index (χ1) is 14.2. The SMILES string of the molecule is CCC1(OC)CCN(S(=O)(=O)c2cccc(C(=O)Nc3ccc(F)c(Cl)c3)c2)CC1. The second-order valence-electron chi connectivity index (χ2n) is 7.26. The fraction of sp³-hybridized carbons (Fsp3) is 0.381. The first-order valence-corrected chi connectivity index (χ1v) is 11.4. The van der Waals surface area contributed by atoms with Gasteiger partial charge in [-0.15, -0.1) is 0 Å². The summed E-state index contributed by atoms with van der Waals surface area (Å²) >= 11 is 5.74. The van der Waals surface area contributed by atoms with E-state index in [1.54, 1.807) is 7.11 Å². The zero-order valence-corrected chi connectivity index (χ0v) is 18.4. The van der Waals surface area contributed by atoms with Crippen LogP contribution in [0.15, 0.2) is 47.4 Å². The molecule has 0 radical (unpaired) electrons. The minimum atomic E-state index is -3.74. The molecule has 0 saturated carbocycles. The standard InChI is InChI=1S/C21H24ClFN2O4S/c1-3-21(29-2)9-11-25(12-10-21)30(27,28)17-6-4-5-15(13-17)20(26)24-16-7-8-19(23)18(22)14-16/h4-8,13-14H,3,9-12H2,1-2H3,(H,24,26). The summed E-state index contributed by atoms with van der Waals surface area (Å²) in [6, 6.07) is 9.66. The summed E-state index contributed by atoms with van der Waals surface area (Å²) in [5, 5.41) is 2.48. The minimum Gasteiger partial charge on any atom is -0.378 e. The van der Waals surface area contributed by atoms with Crippen LogP contribution in [0.2, 0.25) is 5.02 Å². The van der Waals surface area contributed by atoms with E-state index in [1.165, 1.54) is 40.7 Å². The summed E-state index contributed by atoms with van der Waals surface area (Å²) in [5.74, 6) is -1.11. The Labute approximate surface area is 181 Å². The molecule has 1 fully saturated rings. The van der Waals surface area contributed by atoms with Crippen LogP contribution in [0.4, 0.5) is 10.1 Å². The Balaban J connectivity index is 1.77. The highest BCUT2D eigenvalue weighted by Crippen LogP contribution is 2.31. The van der Waals surface area contributed by atoms with E-state index in [2.05, 4.69) is 5.32 Å². The van der Waals surface area contributed by atoms with Gasteiger partial charge in [0, 0.05) is 31.5 Å². The number of carbonyl (C=O) groups is 1. The Morgan fingerprint density at radius 2 is 1.93 bits per heavy atom. The van der Waals surface area contributed by atoms with Gasteiger partial charge >= 0.3 is 0 Å². The lowest BCUT2D eigenvalue weighted by molar-refractivity contribution is -0.0478. The van der Waals surface area contributed by atoms with E-state index < -0.39 is 21.7 Å². The molecule has 2 aromatic carbocycles. The molecular weight excluding hydrogens is 431 g/mol. The van der Waals surface area contributed by atoms with E-state index >= 15 is 0 Å². The molecule has 0 spiro atoms. The molecule has 0 unspecified atom stereocenters. The van der Waals surface area contributed by atoms with E-state index in [-0.39, 0.29) is 21.1 Å². The van der Waals surface area contributed by atoms with Crippen LogP contribution in [0.5, 0.6) is 0 Å². The molecule has 3 rings (SSSR count). The molecule has 30 heavy (non-hydrogen) atoms. The van der Waals surface area contributed by atoms with E-state index in [1.807, 2.05) is 6.92 Å². The number of sulfonamides is 1. The molecule has 0 aliphatic carbocycles. The maximum Gasteiger partial charge on any atom is 0.255 e. The van der Waals surface area contributed by atoms with Crippen molar-refractivity contribution in [3.63, 3.8) is 0 Å². The fourth-order valence-electron chi connectivity index (χ4n) is 3.56. The van der Waals surface area contributed by atoms with Crippen molar-refractivity contribution in [2.45, 2.75) is 36.7 Å². The number of methoxy groups -OCH3 is 1. The van der Waals surface area contributed by atoms with Crippen molar-refractivity contribution in [1.82, 2.24) is 4.31 Å². The number of hydrogen-bond donors (Lipinski definition) is 1. The smallest absolute Gasteiger partial charge is 0.255 e. The van der Waals surface area contributed by atoms with E-state index in [0.717, 1.165) is 12.5 Å². The summed E-state index contributed by atoms with van der Waals surface area (Å²) in [4.78, 5) is 12.6. The number of amides is 1. The molecule has 1 aliphatic heterocycles. The predicted molar refractivity (Wildman–Crippen MR) is 114 cm³/mol. The third kappa shape index (κ3) is 4.67. The number of anilines is 1.